The second-order valence-electron chi connectivity index (χ2n) is 7.60. The molecule has 1 aromatic heterocycles. The summed E-state index contributed by atoms with van der Waals surface area (Å²) in [5.41, 5.74) is 2.13. The van der Waals surface area contributed by atoms with E-state index >= 15 is 0 Å². The number of piperidine rings is 1. The van der Waals surface area contributed by atoms with Crippen LogP contribution in [0, 0.1) is 0 Å². The summed E-state index contributed by atoms with van der Waals surface area (Å²) in [6, 6.07) is 17.7. The fourth-order valence-electron chi connectivity index (χ4n) is 4.04. The summed E-state index contributed by atoms with van der Waals surface area (Å²) >= 11 is 0. The third kappa shape index (κ3) is 3.86. The summed E-state index contributed by atoms with van der Waals surface area (Å²) in [5.74, 6) is 1.96. The molecule has 7 nitrogen and oxygen atoms in total. The Balaban J connectivity index is 1.24. The van der Waals surface area contributed by atoms with Gasteiger partial charge < -0.3 is 19.3 Å². The highest BCUT2D eigenvalue weighted by Crippen LogP contribution is 2.40. The number of benzene rings is 2. The number of ether oxygens (including phenoxy) is 3. The number of aromatic nitrogens is 2. The molecule has 156 valence electrons. The van der Waals surface area contributed by atoms with Gasteiger partial charge in [0.1, 0.15) is 25.4 Å². The molecular formula is C23H25N3O4. The molecule has 3 heterocycles. The van der Waals surface area contributed by atoms with Gasteiger partial charge in [-0.1, -0.05) is 24.3 Å². The van der Waals surface area contributed by atoms with Gasteiger partial charge in [0.2, 0.25) is 5.75 Å². The lowest BCUT2D eigenvalue weighted by Crippen LogP contribution is -2.48. The van der Waals surface area contributed by atoms with Gasteiger partial charge in [0.05, 0.1) is 11.4 Å². The summed E-state index contributed by atoms with van der Waals surface area (Å²) in [7, 11) is 0. The zero-order valence-electron chi connectivity index (χ0n) is 16.7. The maximum absolute atomic E-state index is 10.8. The summed E-state index contributed by atoms with van der Waals surface area (Å²) < 4.78 is 19.4. The van der Waals surface area contributed by atoms with Crippen molar-refractivity contribution in [3.63, 3.8) is 0 Å². The van der Waals surface area contributed by atoms with Crippen LogP contribution < -0.4 is 14.2 Å². The number of nitrogens with zero attached hydrogens (tertiary/aromatic N) is 3. The van der Waals surface area contributed by atoms with Crippen LogP contribution in [0.25, 0.3) is 5.69 Å². The van der Waals surface area contributed by atoms with E-state index in [1.54, 1.807) is 0 Å². The summed E-state index contributed by atoms with van der Waals surface area (Å²) in [4.78, 5) is 2.24. The number of likely N-dealkylation sites (tertiary alicyclic amines) is 1. The van der Waals surface area contributed by atoms with Crippen LogP contribution in [0.1, 0.15) is 12.1 Å². The summed E-state index contributed by atoms with van der Waals surface area (Å²) in [5, 5.41) is 15.2. The van der Waals surface area contributed by atoms with Gasteiger partial charge in [-0.3, -0.25) is 4.90 Å². The van der Waals surface area contributed by atoms with Gasteiger partial charge in [-0.25, -0.2) is 4.68 Å². The van der Waals surface area contributed by atoms with Crippen molar-refractivity contribution in [2.75, 3.05) is 26.3 Å². The number of aliphatic hydroxyl groups is 1. The minimum absolute atomic E-state index is 0.280. The molecule has 0 spiro atoms. The molecule has 5 rings (SSSR count). The molecule has 2 aliphatic rings. The second kappa shape index (κ2) is 8.38. The maximum Gasteiger partial charge on any atom is 0.203 e. The fraction of sp³-hybridized carbons (Fsp3) is 0.348. The lowest BCUT2D eigenvalue weighted by molar-refractivity contribution is -0.0294. The van der Waals surface area contributed by atoms with Gasteiger partial charge in [0.15, 0.2) is 11.5 Å². The van der Waals surface area contributed by atoms with E-state index in [9.17, 15) is 5.11 Å². The number of para-hydroxylation sites is 2. The molecule has 7 heteroatoms. The first kappa shape index (κ1) is 19.0. The summed E-state index contributed by atoms with van der Waals surface area (Å²) in [6.07, 6.45) is 1.67. The van der Waals surface area contributed by atoms with Crippen LogP contribution in [0.4, 0.5) is 0 Å². The number of hydrogen-bond donors (Lipinski definition) is 1. The third-order valence-electron chi connectivity index (χ3n) is 5.52. The lowest BCUT2D eigenvalue weighted by Gasteiger charge is -2.36. The van der Waals surface area contributed by atoms with Crippen LogP contribution in [0.3, 0.4) is 0 Å². The Labute approximate surface area is 175 Å². The van der Waals surface area contributed by atoms with E-state index in [0.717, 1.165) is 30.9 Å². The van der Waals surface area contributed by atoms with E-state index in [1.807, 2.05) is 65.5 Å². The molecule has 1 N–H and O–H groups in total. The van der Waals surface area contributed by atoms with E-state index < -0.39 is 6.10 Å². The topological polar surface area (TPSA) is 69.0 Å². The molecule has 0 amide bonds. The number of fused-ring (bicyclic) bond motifs is 1. The normalized spacial score (nSPS) is 21.4. The van der Waals surface area contributed by atoms with E-state index in [1.165, 1.54) is 0 Å². The van der Waals surface area contributed by atoms with E-state index in [0.29, 0.717) is 37.0 Å². The van der Waals surface area contributed by atoms with E-state index in [-0.39, 0.29) is 6.10 Å². The van der Waals surface area contributed by atoms with E-state index in [2.05, 4.69) is 10.00 Å². The first-order chi connectivity index (χ1) is 14.8. The van der Waals surface area contributed by atoms with Crippen LogP contribution in [-0.2, 0) is 6.54 Å². The average Bonchev–Trinajstić information content (AvgIpc) is 3.24. The van der Waals surface area contributed by atoms with Crippen molar-refractivity contribution in [2.45, 2.75) is 25.2 Å². The molecule has 30 heavy (non-hydrogen) atoms. The van der Waals surface area contributed by atoms with Crippen LogP contribution >= 0.6 is 0 Å². The van der Waals surface area contributed by atoms with Crippen molar-refractivity contribution in [2.24, 2.45) is 0 Å². The number of β-amino-alcohol motifs (C(OH)–C–C–N with tert-alkyl or cyclic N) is 1. The SMILES string of the molecule is O[C@@H]1CN(Cc2ccnn2-c2ccccc2)CC[C@H]1Oc1cccc2c1OCCO2. The van der Waals surface area contributed by atoms with Gasteiger partial charge in [-0.2, -0.15) is 5.10 Å². The Hall–Kier alpha value is -3.03. The van der Waals surface area contributed by atoms with Gasteiger partial charge in [-0.05, 0) is 36.8 Å². The van der Waals surface area contributed by atoms with Crippen LogP contribution in [0.5, 0.6) is 17.2 Å². The molecule has 3 aromatic rings. The zero-order chi connectivity index (χ0) is 20.3. The quantitative estimate of drug-likeness (QED) is 0.701. The minimum Gasteiger partial charge on any atom is -0.486 e. The molecular weight excluding hydrogens is 382 g/mol. The average molecular weight is 407 g/mol. The molecule has 2 aromatic carbocycles. The Morgan fingerprint density at radius 3 is 2.77 bits per heavy atom. The monoisotopic (exact) mass is 407 g/mol. The van der Waals surface area contributed by atoms with Gasteiger partial charge in [-0.15, -0.1) is 0 Å². The summed E-state index contributed by atoms with van der Waals surface area (Å²) in [6.45, 7) is 3.13. The van der Waals surface area contributed by atoms with E-state index in [4.69, 9.17) is 14.2 Å². The highest BCUT2D eigenvalue weighted by atomic mass is 16.6. The van der Waals surface area contributed by atoms with Crippen molar-refractivity contribution < 1.29 is 19.3 Å². The van der Waals surface area contributed by atoms with Crippen molar-refractivity contribution in [1.82, 2.24) is 14.7 Å². The standard InChI is InChI=1S/C23H25N3O4/c27-19-16-25(15-18-9-11-24-26(18)17-5-2-1-3-6-17)12-10-20(19)30-22-8-4-7-21-23(22)29-14-13-28-21/h1-9,11,19-20,27H,10,12-16H2/t19-,20-/m1/s1. The van der Waals surface area contributed by atoms with Crippen molar-refractivity contribution in [3.05, 3.63) is 66.5 Å². The van der Waals surface area contributed by atoms with Crippen LogP contribution in [0.2, 0.25) is 0 Å². The van der Waals surface area contributed by atoms with Crippen molar-refractivity contribution >= 4 is 0 Å². The first-order valence-electron chi connectivity index (χ1n) is 10.3. The minimum atomic E-state index is -0.591. The Morgan fingerprint density at radius 2 is 1.90 bits per heavy atom. The van der Waals surface area contributed by atoms with Gasteiger partial charge in [0, 0.05) is 25.8 Å². The highest BCUT2D eigenvalue weighted by Gasteiger charge is 2.31. The second-order valence-corrected chi connectivity index (χ2v) is 7.60. The largest absolute Gasteiger partial charge is 0.486 e. The van der Waals surface area contributed by atoms with Gasteiger partial charge in [0.25, 0.3) is 0 Å². The Bertz CT molecular complexity index is 991. The number of rotatable bonds is 5. The zero-order valence-corrected chi connectivity index (χ0v) is 16.7. The maximum atomic E-state index is 10.8. The molecule has 0 unspecified atom stereocenters. The predicted octanol–water partition coefficient (Wildman–Crippen LogP) is 2.66. The molecule has 0 bridgehead atoms. The van der Waals surface area contributed by atoms with Crippen LogP contribution in [0.15, 0.2) is 60.8 Å². The molecule has 1 saturated heterocycles. The predicted molar refractivity (Wildman–Crippen MR) is 111 cm³/mol. The van der Waals surface area contributed by atoms with Crippen molar-refractivity contribution in [3.8, 4) is 22.9 Å². The Morgan fingerprint density at radius 1 is 1.03 bits per heavy atom. The molecule has 2 atom stereocenters. The molecule has 0 aliphatic carbocycles. The van der Waals surface area contributed by atoms with Crippen LogP contribution in [-0.4, -0.2) is 58.3 Å². The molecule has 0 saturated carbocycles. The lowest BCUT2D eigenvalue weighted by atomic mass is 10.0. The molecule has 1 fully saturated rings. The fourth-order valence-corrected chi connectivity index (χ4v) is 4.04. The van der Waals surface area contributed by atoms with Gasteiger partial charge >= 0.3 is 0 Å². The molecule has 0 radical (unpaired) electrons. The van der Waals surface area contributed by atoms with Crippen molar-refractivity contribution in [1.29, 1.82) is 0 Å². The highest BCUT2D eigenvalue weighted by molar-refractivity contribution is 5.52. The number of aliphatic hydroxyl groups excluding tert-OH is 1. The smallest absolute Gasteiger partial charge is 0.203 e. The number of hydrogen-bond acceptors (Lipinski definition) is 6. The third-order valence-corrected chi connectivity index (χ3v) is 5.52. The Kier molecular flexibility index (Phi) is 5.29. The molecule has 2 aliphatic heterocycles. The first-order valence-corrected chi connectivity index (χ1v) is 10.3.